The summed E-state index contributed by atoms with van der Waals surface area (Å²) in [4.78, 5) is 11.3. The van der Waals surface area contributed by atoms with Crippen LogP contribution in [-0.4, -0.2) is 18.2 Å². The first-order valence-electron chi connectivity index (χ1n) is 4.00. The van der Waals surface area contributed by atoms with Crippen LogP contribution < -0.4 is 4.74 Å². The second-order valence-electron chi connectivity index (χ2n) is 2.71. The van der Waals surface area contributed by atoms with Gasteiger partial charge in [0, 0.05) is 5.56 Å². The van der Waals surface area contributed by atoms with Crippen molar-refractivity contribution in [3.05, 3.63) is 29.1 Å². The fraction of sp³-hybridized carbons (Fsp3) is 0.200. The number of carbonyl (C=O) groups excluding carboxylic acids is 1. The molecule has 5 heteroatoms. The van der Waals surface area contributed by atoms with Crippen LogP contribution in [-0.2, 0) is 0 Å². The largest absolute Gasteiger partial charge is 0.494 e. The Labute approximate surface area is 94.6 Å². The third-order valence-electron chi connectivity index (χ3n) is 1.82. The molecule has 0 aliphatic carbocycles. The lowest BCUT2D eigenvalue weighted by molar-refractivity contribution is 0.102. The monoisotopic (exact) mass is 271 g/mol. The van der Waals surface area contributed by atoms with Crippen LogP contribution in [0.1, 0.15) is 15.9 Å². The van der Waals surface area contributed by atoms with Crippen LogP contribution in [0, 0.1) is 17.1 Å². The number of ketones is 1. The Bertz CT molecular complexity index is 440. The van der Waals surface area contributed by atoms with E-state index >= 15 is 0 Å². The highest BCUT2D eigenvalue weighted by atomic mass is 79.9. The first-order valence-corrected chi connectivity index (χ1v) is 5.13. The number of nitriles is 1. The van der Waals surface area contributed by atoms with E-state index in [1.165, 1.54) is 19.2 Å². The van der Waals surface area contributed by atoms with Gasteiger partial charge in [-0.25, -0.2) is 4.39 Å². The SMILES string of the molecule is COc1cc(C(=O)CBr)cc(C#N)c1F. The standard InChI is InChI=1S/C10H7BrFNO2/c1-15-9-3-6(8(14)4-11)2-7(5-13)10(9)12/h2-3H,4H2,1H3. The molecule has 15 heavy (non-hydrogen) atoms. The minimum atomic E-state index is -0.744. The lowest BCUT2D eigenvalue weighted by Gasteiger charge is -2.05. The van der Waals surface area contributed by atoms with Crippen LogP contribution in [0.15, 0.2) is 12.1 Å². The Morgan fingerprint density at radius 3 is 2.80 bits per heavy atom. The molecule has 0 radical (unpaired) electrons. The number of methoxy groups -OCH3 is 1. The van der Waals surface area contributed by atoms with Gasteiger partial charge in [0.1, 0.15) is 6.07 Å². The second kappa shape index (κ2) is 4.89. The van der Waals surface area contributed by atoms with E-state index in [1.807, 2.05) is 0 Å². The van der Waals surface area contributed by atoms with Gasteiger partial charge in [-0.1, -0.05) is 15.9 Å². The normalized spacial score (nSPS) is 9.47. The maximum atomic E-state index is 13.4. The van der Waals surface area contributed by atoms with E-state index in [9.17, 15) is 9.18 Å². The summed E-state index contributed by atoms with van der Waals surface area (Å²) in [5.74, 6) is -1.07. The van der Waals surface area contributed by atoms with Gasteiger partial charge >= 0.3 is 0 Å². The zero-order valence-corrected chi connectivity index (χ0v) is 9.47. The fourth-order valence-corrected chi connectivity index (χ4v) is 1.39. The number of ether oxygens (including phenoxy) is 1. The third-order valence-corrected chi connectivity index (χ3v) is 2.33. The minimum Gasteiger partial charge on any atom is -0.494 e. The molecular formula is C10H7BrFNO2. The molecule has 0 aliphatic rings. The van der Waals surface area contributed by atoms with Gasteiger partial charge in [0.2, 0.25) is 0 Å². The summed E-state index contributed by atoms with van der Waals surface area (Å²) in [6, 6.07) is 4.15. The molecule has 0 aromatic heterocycles. The average molecular weight is 272 g/mol. The highest BCUT2D eigenvalue weighted by Crippen LogP contribution is 2.23. The van der Waals surface area contributed by atoms with Crippen LogP contribution in [0.5, 0.6) is 5.75 Å². The fourth-order valence-electron chi connectivity index (χ4n) is 1.07. The lowest BCUT2D eigenvalue weighted by Crippen LogP contribution is -2.03. The molecule has 1 aromatic carbocycles. The molecule has 0 saturated heterocycles. The van der Waals surface area contributed by atoms with Crippen LogP contribution >= 0.6 is 15.9 Å². The number of rotatable bonds is 3. The Morgan fingerprint density at radius 1 is 1.67 bits per heavy atom. The smallest absolute Gasteiger partial charge is 0.182 e. The van der Waals surface area contributed by atoms with Crippen molar-refractivity contribution in [2.75, 3.05) is 12.4 Å². The van der Waals surface area contributed by atoms with Gasteiger partial charge in [0.05, 0.1) is 18.0 Å². The van der Waals surface area contributed by atoms with Gasteiger partial charge in [-0.15, -0.1) is 0 Å². The highest BCUT2D eigenvalue weighted by Gasteiger charge is 2.14. The van der Waals surface area contributed by atoms with Crippen molar-refractivity contribution in [1.82, 2.24) is 0 Å². The molecule has 1 aromatic rings. The van der Waals surface area contributed by atoms with E-state index in [-0.39, 0.29) is 28.0 Å². The van der Waals surface area contributed by atoms with E-state index in [0.29, 0.717) is 0 Å². The molecule has 0 amide bonds. The van der Waals surface area contributed by atoms with E-state index < -0.39 is 5.82 Å². The number of carbonyl (C=O) groups is 1. The molecular weight excluding hydrogens is 265 g/mol. The molecule has 0 atom stereocenters. The summed E-state index contributed by atoms with van der Waals surface area (Å²) >= 11 is 3.00. The Hall–Kier alpha value is -1.41. The van der Waals surface area contributed by atoms with Crippen LogP contribution in [0.4, 0.5) is 4.39 Å². The number of benzene rings is 1. The molecule has 0 fully saturated rings. The van der Waals surface area contributed by atoms with Crippen LogP contribution in [0.2, 0.25) is 0 Å². The zero-order valence-electron chi connectivity index (χ0n) is 7.88. The van der Waals surface area contributed by atoms with Crippen molar-refractivity contribution < 1.29 is 13.9 Å². The molecule has 0 bridgehead atoms. The van der Waals surface area contributed by atoms with Crippen molar-refractivity contribution in [3.63, 3.8) is 0 Å². The summed E-state index contributed by atoms with van der Waals surface area (Å²) < 4.78 is 18.1. The Morgan fingerprint density at radius 2 is 2.33 bits per heavy atom. The van der Waals surface area contributed by atoms with Crippen molar-refractivity contribution in [2.24, 2.45) is 0 Å². The van der Waals surface area contributed by atoms with Crippen molar-refractivity contribution >= 4 is 21.7 Å². The molecule has 0 spiro atoms. The second-order valence-corrected chi connectivity index (χ2v) is 3.27. The topological polar surface area (TPSA) is 50.1 Å². The maximum absolute atomic E-state index is 13.4. The van der Waals surface area contributed by atoms with Gasteiger partial charge in [0.25, 0.3) is 0 Å². The van der Waals surface area contributed by atoms with Crippen LogP contribution in [0.25, 0.3) is 0 Å². The minimum absolute atomic E-state index is 0.0987. The first kappa shape index (κ1) is 11.7. The van der Waals surface area contributed by atoms with Crippen LogP contribution in [0.3, 0.4) is 0 Å². The summed E-state index contributed by atoms with van der Waals surface area (Å²) in [7, 11) is 1.28. The molecule has 1 rings (SSSR count). The summed E-state index contributed by atoms with van der Waals surface area (Å²) in [5, 5.41) is 8.77. The maximum Gasteiger partial charge on any atom is 0.182 e. The molecule has 0 unspecified atom stereocenters. The van der Waals surface area contributed by atoms with Crippen molar-refractivity contribution in [3.8, 4) is 11.8 Å². The number of hydrogen-bond acceptors (Lipinski definition) is 3. The Balaban J connectivity index is 3.34. The van der Waals surface area contributed by atoms with Gasteiger partial charge < -0.3 is 4.74 Å². The molecule has 0 aliphatic heterocycles. The predicted molar refractivity (Wildman–Crippen MR) is 55.8 cm³/mol. The van der Waals surface area contributed by atoms with E-state index in [0.717, 1.165) is 0 Å². The number of Topliss-reactive ketones (excluding diaryl/α,β-unsaturated/α-hetero) is 1. The molecule has 0 N–H and O–H groups in total. The first-order chi connectivity index (χ1) is 7.13. The van der Waals surface area contributed by atoms with Crippen molar-refractivity contribution in [2.45, 2.75) is 0 Å². The molecule has 0 saturated carbocycles. The summed E-state index contributed by atoms with van der Waals surface area (Å²) in [6.07, 6.45) is 0. The van der Waals surface area contributed by atoms with Gasteiger partial charge in [-0.2, -0.15) is 5.26 Å². The highest BCUT2D eigenvalue weighted by molar-refractivity contribution is 9.09. The number of halogens is 2. The van der Waals surface area contributed by atoms with Gasteiger partial charge in [0.15, 0.2) is 17.3 Å². The van der Waals surface area contributed by atoms with E-state index in [2.05, 4.69) is 15.9 Å². The Kier molecular flexibility index (Phi) is 3.81. The molecule has 0 heterocycles. The predicted octanol–water partition coefficient (Wildman–Crippen LogP) is 2.28. The number of hydrogen-bond donors (Lipinski definition) is 0. The van der Waals surface area contributed by atoms with Crippen molar-refractivity contribution in [1.29, 1.82) is 5.26 Å². The number of nitrogens with zero attached hydrogens (tertiary/aromatic N) is 1. The average Bonchev–Trinajstić information content (AvgIpc) is 2.28. The quantitative estimate of drug-likeness (QED) is 0.626. The van der Waals surface area contributed by atoms with Gasteiger partial charge in [-0.3, -0.25) is 4.79 Å². The lowest BCUT2D eigenvalue weighted by atomic mass is 10.1. The third kappa shape index (κ3) is 2.34. The molecule has 3 nitrogen and oxygen atoms in total. The van der Waals surface area contributed by atoms with Gasteiger partial charge in [-0.05, 0) is 12.1 Å². The van der Waals surface area contributed by atoms with E-state index in [4.69, 9.17) is 10.00 Å². The number of alkyl halides is 1. The van der Waals surface area contributed by atoms with E-state index in [1.54, 1.807) is 6.07 Å². The molecule has 78 valence electrons. The summed E-state index contributed by atoms with van der Waals surface area (Å²) in [6.45, 7) is 0. The summed E-state index contributed by atoms with van der Waals surface area (Å²) in [5.41, 5.74) is 0.0559. The zero-order chi connectivity index (χ0) is 11.4.